The summed E-state index contributed by atoms with van der Waals surface area (Å²) in [5.41, 5.74) is 2.75. The maximum absolute atomic E-state index is 13.9. The minimum Gasteiger partial charge on any atom is -0.478 e. The molecule has 2 aromatic rings. The number of nitrogens with one attached hydrogen (secondary N) is 2. The molecule has 0 aliphatic carbocycles. The number of carbonyl (C=O) groups excluding carboxylic acids is 1. The smallest absolute Gasteiger partial charge is 0.340 e. The first-order valence-electron chi connectivity index (χ1n) is 11.6. The van der Waals surface area contributed by atoms with Gasteiger partial charge in [0.15, 0.2) is 11.6 Å². The Labute approximate surface area is 261 Å². The van der Waals surface area contributed by atoms with Crippen LogP contribution in [0.15, 0.2) is 24.3 Å². The van der Waals surface area contributed by atoms with Crippen LogP contribution < -0.4 is 21.3 Å². The summed E-state index contributed by atoms with van der Waals surface area (Å²) in [7, 11) is -7.60. The van der Waals surface area contributed by atoms with Crippen LogP contribution in [0.1, 0.15) is 48.3 Å². The lowest BCUT2D eigenvalue weighted by molar-refractivity contribution is 0.0692. The average molecular weight is 782 g/mol. The highest BCUT2D eigenvalue weighted by Crippen LogP contribution is 2.27. The van der Waals surface area contributed by atoms with E-state index >= 15 is 0 Å². The molecule has 41 heavy (non-hydrogen) atoms. The fourth-order valence-corrected chi connectivity index (χ4v) is 5.51. The SMILES string of the molecule is CCCCS(=O)(=O)Nc1ccc(Cl)c(C(N)=O)c1F.N.O=C(O)c1c(Cl)ccc(NS(=O)(=O)CCCF)c1F.[2H]CI. The van der Waals surface area contributed by atoms with Crippen LogP contribution in [-0.2, 0) is 20.0 Å². The first-order chi connectivity index (χ1) is 19.0. The molecule has 0 fully saturated rings. The maximum atomic E-state index is 13.9. The Morgan fingerprint density at radius 1 is 0.951 bits per heavy atom. The molecular formula is C22H30Cl2F3IN4O7S2. The number of nitrogens with two attached hydrogens (primary N) is 1. The summed E-state index contributed by atoms with van der Waals surface area (Å²) < 4.78 is 95.9. The predicted octanol–water partition coefficient (Wildman–Crippen LogP) is 5.61. The lowest BCUT2D eigenvalue weighted by atomic mass is 10.2. The molecule has 19 heteroatoms. The predicted molar refractivity (Wildman–Crippen MR) is 164 cm³/mol. The minimum atomic E-state index is -3.94. The standard InChI is InChI=1S/C11H14ClFN2O3S.C10H10ClF2NO4S.CH3I.H3N/c1-2-3-6-19(17,18)15-8-5-4-7(12)9(10(8)13)11(14)16;11-6-2-3-7(9(13)8(6)10(15)16)14-19(17,18)5-1-4-12;1-2;/h4-5,15H,2-3,6H2,1H3,(H2,14,16);2-3,14H,1,4-5H2,(H,15,16);1H3;1H3/i;;1D;. The number of anilines is 2. The number of aromatic carboxylic acids is 1. The molecule has 2 aromatic carbocycles. The number of carboxylic acids is 1. The number of hydrogen-bond acceptors (Lipinski definition) is 7. The molecule has 8 N–H and O–H groups in total. The highest BCUT2D eigenvalue weighted by Gasteiger charge is 2.22. The van der Waals surface area contributed by atoms with Crippen molar-refractivity contribution in [3.05, 3.63) is 57.1 Å². The van der Waals surface area contributed by atoms with Gasteiger partial charge in [-0.25, -0.2) is 30.4 Å². The van der Waals surface area contributed by atoms with Gasteiger partial charge < -0.3 is 17.0 Å². The van der Waals surface area contributed by atoms with E-state index in [0.29, 0.717) is 17.7 Å². The molecule has 0 heterocycles. The number of benzene rings is 2. The molecular weight excluding hydrogens is 751 g/mol. The molecule has 2 rings (SSSR count). The third-order valence-corrected chi connectivity index (χ3v) is 7.83. The molecule has 0 bridgehead atoms. The van der Waals surface area contributed by atoms with Gasteiger partial charge in [-0.1, -0.05) is 59.1 Å². The topological polar surface area (TPSA) is 208 Å². The molecule has 0 aliphatic rings. The molecule has 11 nitrogen and oxygen atoms in total. The molecule has 1 amide bonds. The number of carboxylic acid groups (broad SMARTS) is 1. The van der Waals surface area contributed by atoms with E-state index in [1.54, 1.807) is 0 Å². The minimum absolute atomic E-state index is 0. The van der Waals surface area contributed by atoms with Crippen LogP contribution in [0.4, 0.5) is 24.5 Å². The van der Waals surface area contributed by atoms with Crippen LogP contribution in [0.3, 0.4) is 0 Å². The van der Waals surface area contributed by atoms with Gasteiger partial charge in [-0.15, -0.1) is 0 Å². The van der Waals surface area contributed by atoms with E-state index in [0.717, 1.165) is 18.2 Å². The first kappa shape index (κ1) is 38.9. The third-order valence-electron chi connectivity index (χ3n) is 4.49. The summed E-state index contributed by atoms with van der Waals surface area (Å²) in [4.78, 5) is 22.3. The van der Waals surface area contributed by atoms with E-state index in [1.165, 1.54) is 6.07 Å². The first-order valence-corrected chi connectivity index (χ1v) is 16.5. The Balaban J connectivity index is 0. The van der Waals surface area contributed by atoms with Crippen LogP contribution in [0.25, 0.3) is 0 Å². The number of unbranched alkanes of at least 4 members (excludes halogenated alkanes) is 1. The van der Waals surface area contributed by atoms with Crippen LogP contribution >= 0.6 is 45.8 Å². The van der Waals surface area contributed by atoms with E-state index in [4.69, 9.17) is 35.4 Å². The third kappa shape index (κ3) is 13.6. The molecule has 0 aromatic heterocycles. The van der Waals surface area contributed by atoms with Crippen LogP contribution in [0, 0.1) is 11.6 Å². The van der Waals surface area contributed by atoms with Crippen molar-refractivity contribution in [2.75, 3.05) is 32.5 Å². The second kappa shape index (κ2) is 19.2. The van der Waals surface area contributed by atoms with Crippen LogP contribution in [0.5, 0.6) is 0 Å². The number of carbonyl (C=O) groups is 2. The van der Waals surface area contributed by atoms with Crippen molar-refractivity contribution in [2.24, 2.45) is 5.73 Å². The summed E-state index contributed by atoms with van der Waals surface area (Å²) in [5, 5.41) is 8.24. The summed E-state index contributed by atoms with van der Waals surface area (Å²) in [6.45, 7) is 1.01. The summed E-state index contributed by atoms with van der Waals surface area (Å²) >= 11 is 13.1. The summed E-state index contributed by atoms with van der Waals surface area (Å²) in [6, 6.07) is 4.41. The van der Waals surface area contributed by atoms with Crippen LogP contribution in [-0.4, -0.2) is 56.9 Å². The van der Waals surface area contributed by atoms with Crippen molar-refractivity contribution in [3.8, 4) is 0 Å². The number of halogens is 6. The number of alkyl halides is 2. The number of primary amides is 1. The van der Waals surface area contributed by atoms with Gasteiger partial charge >= 0.3 is 5.97 Å². The number of sulfonamides is 2. The zero-order chi connectivity index (χ0) is 32.0. The second-order valence-corrected chi connectivity index (χ2v) is 12.0. The zero-order valence-corrected chi connectivity index (χ0v) is 26.8. The normalized spacial score (nSPS) is 11.0. The van der Waals surface area contributed by atoms with Crippen molar-refractivity contribution >= 4 is 89.1 Å². The Bertz CT molecular complexity index is 1320. The number of hydrogen-bond donors (Lipinski definition) is 5. The summed E-state index contributed by atoms with van der Waals surface area (Å²) in [5.74, 6) is -5.70. The van der Waals surface area contributed by atoms with E-state index in [2.05, 4.69) is 4.72 Å². The molecule has 0 saturated carbocycles. The van der Waals surface area contributed by atoms with Crippen molar-refractivity contribution in [2.45, 2.75) is 26.2 Å². The lowest BCUT2D eigenvalue weighted by Gasteiger charge is -2.11. The van der Waals surface area contributed by atoms with Crippen LogP contribution in [0.2, 0.25) is 10.0 Å². The largest absolute Gasteiger partial charge is 0.478 e. The van der Waals surface area contributed by atoms with E-state index in [-0.39, 0.29) is 34.1 Å². The maximum Gasteiger partial charge on any atom is 0.340 e. The van der Waals surface area contributed by atoms with Gasteiger partial charge in [0.1, 0.15) is 5.56 Å². The van der Waals surface area contributed by atoms with Gasteiger partial charge in [0.05, 0.1) is 45.2 Å². The quantitative estimate of drug-likeness (QED) is 0.135. The Hall–Kier alpha value is -2.06. The van der Waals surface area contributed by atoms with E-state index in [9.17, 15) is 39.6 Å². The van der Waals surface area contributed by atoms with Crippen molar-refractivity contribution in [3.63, 3.8) is 0 Å². The van der Waals surface area contributed by atoms with E-state index < -0.39 is 72.8 Å². The van der Waals surface area contributed by atoms with Gasteiger partial charge in [0.25, 0.3) is 5.91 Å². The van der Waals surface area contributed by atoms with Gasteiger partial charge in [-0.2, -0.15) is 0 Å². The van der Waals surface area contributed by atoms with Gasteiger partial charge in [0, 0.05) is 1.37 Å². The van der Waals surface area contributed by atoms with E-state index in [1.807, 2.05) is 34.2 Å². The summed E-state index contributed by atoms with van der Waals surface area (Å²) in [6.07, 6.45) is 0.903. The molecule has 0 unspecified atom stereocenters. The molecule has 0 radical (unpaired) electrons. The fourth-order valence-electron chi connectivity index (χ4n) is 2.70. The molecule has 0 saturated heterocycles. The fraction of sp³-hybridized carbons (Fsp3) is 0.364. The zero-order valence-electron chi connectivity index (χ0n) is 22.5. The molecule has 0 spiro atoms. The lowest BCUT2D eigenvalue weighted by Crippen LogP contribution is -2.20. The molecule has 0 atom stereocenters. The monoisotopic (exact) mass is 781 g/mol. The van der Waals surface area contributed by atoms with Gasteiger partial charge in [0.2, 0.25) is 20.0 Å². The highest BCUT2D eigenvalue weighted by atomic mass is 127. The number of amides is 1. The average Bonchev–Trinajstić information content (AvgIpc) is 2.86. The van der Waals surface area contributed by atoms with Gasteiger partial charge in [-0.05, 0) is 42.0 Å². The Morgan fingerprint density at radius 2 is 1.34 bits per heavy atom. The van der Waals surface area contributed by atoms with Crippen molar-refractivity contribution < 1.29 is 46.1 Å². The molecule has 0 aliphatic heterocycles. The van der Waals surface area contributed by atoms with Crippen molar-refractivity contribution in [1.82, 2.24) is 6.15 Å². The molecule has 234 valence electrons. The van der Waals surface area contributed by atoms with Gasteiger partial charge in [-0.3, -0.25) is 18.6 Å². The van der Waals surface area contributed by atoms with Crippen molar-refractivity contribution in [1.29, 1.82) is 0 Å². The Morgan fingerprint density at radius 3 is 1.71 bits per heavy atom. The second-order valence-electron chi connectivity index (χ2n) is 7.48. The Kier molecular flexibility index (Phi) is 18.2. The highest BCUT2D eigenvalue weighted by molar-refractivity contribution is 14.1. The number of rotatable bonds is 12.